The van der Waals surface area contributed by atoms with Crippen LogP contribution in [-0.4, -0.2) is 28.8 Å². The maximum atomic E-state index is 13.4. The molecule has 0 bridgehead atoms. The highest BCUT2D eigenvalue weighted by molar-refractivity contribution is 5.85. The van der Waals surface area contributed by atoms with Crippen LogP contribution in [0.15, 0.2) is 66.9 Å². The topological polar surface area (TPSA) is 65.4 Å². The van der Waals surface area contributed by atoms with Crippen LogP contribution in [0.4, 0.5) is 4.39 Å². The van der Waals surface area contributed by atoms with Gasteiger partial charge in [-0.25, -0.2) is 9.07 Å². The monoisotopic (exact) mass is 487 g/mol. The van der Waals surface area contributed by atoms with Gasteiger partial charge in [-0.1, -0.05) is 13.0 Å². The number of hydrogen-bond donors (Lipinski definition) is 1. The van der Waals surface area contributed by atoms with Gasteiger partial charge in [0.15, 0.2) is 0 Å². The van der Waals surface area contributed by atoms with Gasteiger partial charge in [0, 0.05) is 10.8 Å². The molecule has 0 spiro atoms. The zero-order valence-corrected chi connectivity index (χ0v) is 20.9. The molecule has 1 aliphatic carbocycles. The summed E-state index contributed by atoms with van der Waals surface area (Å²) in [5.74, 6) is 1.21. The number of carbonyl (C=O) groups is 1. The van der Waals surface area contributed by atoms with Crippen molar-refractivity contribution in [1.82, 2.24) is 15.1 Å². The summed E-state index contributed by atoms with van der Waals surface area (Å²) in [4.78, 5) is 12.8. The average molecular weight is 488 g/mol. The first-order valence-corrected chi connectivity index (χ1v) is 12.1. The van der Waals surface area contributed by atoms with Gasteiger partial charge in [-0.15, -0.1) is 0 Å². The molecule has 7 heteroatoms. The Morgan fingerprint density at radius 2 is 1.81 bits per heavy atom. The fourth-order valence-corrected chi connectivity index (χ4v) is 4.42. The molecule has 6 nitrogen and oxygen atoms in total. The van der Waals surface area contributed by atoms with E-state index in [-0.39, 0.29) is 23.2 Å². The lowest BCUT2D eigenvalue weighted by Gasteiger charge is -2.29. The fraction of sp³-hybridized carbons (Fsp3) is 0.310. The predicted molar refractivity (Wildman–Crippen MR) is 137 cm³/mol. The van der Waals surface area contributed by atoms with Gasteiger partial charge in [0.1, 0.15) is 23.4 Å². The number of carbonyl (C=O) groups excluding carboxylic acids is 1. The molecule has 0 aliphatic heterocycles. The van der Waals surface area contributed by atoms with Crippen molar-refractivity contribution in [3.63, 3.8) is 0 Å². The molecule has 1 aromatic heterocycles. The number of aryl methyl sites for hydroxylation is 1. The number of amides is 1. The van der Waals surface area contributed by atoms with E-state index >= 15 is 0 Å². The molecule has 3 aromatic carbocycles. The highest BCUT2D eigenvalue weighted by Gasteiger charge is 2.45. The molecule has 0 saturated heterocycles. The summed E-state index contributed by atoms with van der Waals surface area (Å²) in [6, 6.07) is 17.6. The first-order valence-electron chi connectivity index (χ1n) is 12.1. The van der Waals surface area contributed by atoms with E-state index in [1.54, 1.807) is 30.1 Å². The number of methoxy groups -OCH3 is 1. The number of aromatic nitrogens is 2. The second kappa shape index (κ2) is 9.30. The van der Waals surface area contributed by atoms with Gasteiger partial charge >= 0.3 is 0 Å². The third kappa shape index (κ3) is 4.65. The molecule has 1 N–H and O–H groups in total. The minimum absolute atomic E-state index is 0.0609. The van der Waals surface area contributed by atoms with E-state index in [0.29, 0.717) is 5.75 Å². The highest BCUT2D eigenvalue weighted by Crippen LogP contribution is 2.45. The molecule has 36 heavy (non-hydrogen) atoms. The van der Waals surface area contributed by atoms with Crippen LogP contribution in [0.1, 0.15) is 43.9 Å². The molecule has 2 atom stereocenters. The van der Waals surface area contributed by atoms with Crippen LogP contribution in [0.2, 0.25) is 0 Å². The van der Waals surface area contributed by atoms with Gasteiger partial charge in [-0.3, -0.25) is 4.79 Å². The molecule has 0 unspecified atom stereocenters. The second-order valence-electron chi connectivity index (χ2n) is 9.84. The van der Waals surface area contributed by atoms with Crippen LogP contribution < -0.4 is 14.8 Å². The Kier molecular flexibility index (Phi) is 6.16. The molecule has 1 fully saturated rings. The van der Waals surface area contributed by atoms with Crippen LogP contribution in [0.5, 0.6) is 11.5 Å². The van der Waals surface area contributed by atoms with Crippen LogP contribution in [0, 0.1) is 18.2 Å². The normalized spacial score (nSPS) is 15.8. The van der Waals surface area contributed by atoms with Gasteiger partial charge < -0.3 is 14.8 Å². The Labute approximate surface area is 210 Å². The lowest BCUT2D eigenvalue weighted by atomic mass is 9.97. The Balaban J connectivity index is 1.45. The largest absolute Gasteiger partial charge is 0.497 e. The van der Waals surface area contributed by atoms with E-state index in [2.05, 4.69) is 10.4 Å². The van der Waals surface area contributed by atoms with Gasteiger partial charge in [-0.05, 0) is 92.4 Å². The maximum absolute atomic E-state index is 13.4. The SMILES string of the molecule is COc1ccc([C@@H](Oc2ccc3c(cnn3-c3ccc(F)cc3)c2)[C@H](C)NC(=O)C2(C)CC2)c(C)c1. The lowest BCUT2D eigenvalue weighted by Crippen LogP contribution is -2.42. The summed E-state index contributed by atoms with van der Waals surface area (Å²) in [5.41, 5.74) is 3.38. The molecule has 1 amide bonds. The summed E-state index contributed by atoms with van der Waals surface area (Å²) in [7, 11) is 1.64. The number of rotatable bonds is 8. The molecular formula is C29H30FN3O3. The number of ether oxygens (including phenoxy) is 2. The van der Waals surface area contributed by atoms with E-state index in [1.807, 2.05) is 57.2 Å². The van der Waals surface area contributed by atoms with Crippen molar-refractivity contribution < 1.29 is 18.7 Å². The minimum atomic E-state index is -0.410. The third-order valence-corrected chi connectivity index (χ3v) is 7.02. The van der Waals surface area contributed by atoms with Gasteiger partial charge in [0.05, 0.1) is 30.6 Å². The van der Waals surface area contributed by atoms with Gasteiger partial charge in [0.25, 0.3) is 0 Å². The van der Waals surface area contributed by atoms with E-state index in [0.717, 1.165) is 46.3 Å². The van der Waals surface area contributed by atoms with Gasteiger partial charge in [-0.2, -0.15) is 5.10 Å². The van der Waals surface area contributed by atoms with Crippen LogP contribution in [0.3, 0.4) is 0 Å². The number of fused-ring (bicyclic) bond motifs is 1. The smallest absolute Gasteiger partial charge is 0.226 e. The van der Waals surface area contributed by atoms with E-state index in [1.165, 1.54) is 12.1 Å². The Bertz CT molecular complexity index is 1410. The zero-order chi connectivity index (χ0) is 25.4. The van der Waals surface area contributed by atoms with E-state index < -0.39 is 6.10 Å². The molecule has 1 aliphatic rings. The standard InChI is InChI=1S/C29H30FN3O3/c1-18-15-23(35-4)9-11-25(18)27(19(2)32-28(34)29(3)13-14-29)36-24-10-12-26-20(16-24)17-31-33(26)22-7-5-21(30)6-8-22/h5-12,15-17,19,27H,13-14H2,1-4H3,(H,32,34)/t19-,27-/m0/s1. The quantitative estimate of drug-likeness (QED) is 0.336. The summed E-state index contributed by atoms with van der Waals surface area (Å²) in [6.07, 6.45) is 3.17. The lowest BCUT2D eigenvalue weighted by molar-refractivity contribution is -0.127. The summed E-state index contributed by atoms with van der Waals surface area (Å²) < 4.78 is 27.1. The van der Waals surface area contributed by atoms with Crippen molar-refractivity contribution in [3.8, 4) is 17.2 Å². The summed E-state index contributed by atoms with van der Waals surface area (Å²) in [6.45, 7) is 5.99. The highest BCUT2D eigenvalue weighted by atomic mass is 19.1. The second-order valence-corrected chi connectivity index (χ2v) is 9.84. The van der Waals surface area contributed by atoms with Crippen molar-refractivity contribution in [3.05, 3.63) is 83.8 Å². The Morgan fingerprint density at radius 3 is 2.47 bits per heavy atom. The molecule has 1 saturated carbocycles. The number of nitrogens with one attached hydrogen (secondary N) is 1. The van der Waals surface area contributed by atoms with Crippen LogP contribution in [0.25, 0.3) is 16.6 Å². The van der Waals surface area contributed by atoms with Crippen molar-refractivity contribution >= 4 is 16.8 Å². The number of benzene rings is 3. The van der Waals surface area contributed by atoms with E-state index in [9.17, 15) is 9.18 Å². The molecular weight excluding hydrogens is 457 g/mol. The average Bonchev–Trinajstić information content (AvgIpc) is 3.49. The first kappa shape index (κ1) is 23.9. The van der Waals surface area contributed by atoms with E-state index in [4.69, 9.17) is 9.47 Å². The number of hydrogen-bond acceptors (Lipinski definition) is 4. The molecule has 4 aromatic rings. The van der Waals surface area contributed by atoms with Crippen molar-refractivity contribution in [2.24, 2.45) is 5.41 Å². The summed E-state index contributed by atoms with van der Waals surface area (Å²) >= 11 is 0. The predicted octanol–water partition coefficient (Wildman–Crippen LogP) is 5.91. The molecule has 1 heterocycles. The van der Waals surface area contributed by atoms with Crippen molar-refractivity contribution in [2.75, 3.05) is 7.11 Å². The van der Waals surface area contributed by atoms with Crippen LogP contribution >= 0.6 is 0 Å². The van der Waals surface area contributed by atoms with Gasteiger partial charge in [0.2, 0.25) is 5.91 Å². The van der Waals surface area contributed by atoms with Crippen molar-refractivity contribution in [1.29, 1.82) is 0 Å². The Morgan fingerprint density at radius 1 is 1.08 bits per heavy atom. The minimum Gasteiger partial charge on any atom is -0.497 e. The van der Waals surface area contributed by atoms with Crippen LogP contribution in [-0.2, 0) is 4.79 Å². The molecule has 186 valence electrons. The summed E-state index contributed by atoms with van der Waals surface area (Å²) in [5, 5.41) is 8.56. The zero-order valence-electron chi connectivity index (χ0n) is 20.9. The van der Waals surface area contributed by atoms with Crippen molar-refractivity contribution in [2.45, 2.75) is 45.8 Å². The maximum Gasteiger partial charge on any atom is 0.226 e. The molecule has 0 radical (unpaired) electrons. The number of nitrogens with zero attached hydrogens (tertiary/aromatic N) is 2. The molecule has 5 rings (SSSR count). The third-order valence-electron chi connectivity index (χ3n) is 7.02. The first-order chi connectivity index (χ1) is 17.3. The Hall–Kier alpha value is -3.87. The number of halogens is 1. The fourth-order valence-electron chi connectivity index (χ4n) is 4.42.